The van der Waals surface area contributed by atoms with E-state index in [-0.39, 0.29) is 27.7 Å². The molecule has 8 heteroatoms. The molecular formula is C37H35N5O3. The van der Waals surface area contributed by atoms with Crippen LogP contribution in [-0.4, -0.2) is 46.5 Å². The Hall–Kier alpha value is -5.47. The van der Waals surface area contributed by atoms with Gasteiger partial charge in [0.1, 0.15) is 10.7 Å². The monoisotopic (exact) mass is 597 g/mol. The Morgan fingerprint density at radius 2 is 1.38 bits per heavy atom. The van der Waals surface area contributed by atoms with Crippen molar-refractivity contribution in [3.8, 4) is 0 Å². The number of anilines is 2. The van der Waals surface area contributed by atoms with Crippen LogP contribution in [0.5, 0.6) is 0 Å². The van der Waals surface area contributed by atoms with E-state index in [0.29, 0.717) is 11.1 Å². The van der Waals surface area contributed by atoms with Crippen LogP contribution in [0.4, 0.5) is 11.4 Å². The number of hydrogen-bond donors (Lipinski definition) is 2. The third-order valence-corrected chi connectivity index (χ3v) is 8.08. The molecule has 0 saturated carbocycles. The molecule has 2 heterocycles. The minimum Gasteiger partial charge on any atom is -0.369 e. The number of rotatable bonds is 7. The zero-order valence-corrected chi connectivity index (χ0v) is 25.1. The van der Waals surface area contributed by atoms with E-state index in [2.05, 4.69) is 56.5 Å². The second-order valence-corrected chi connectivity index (χ2v) is 11.2. The summed E-state index contributed by atoms with van der Waals surface area (Å²) in [4.78, 5) is 46.3. The molecule has 0 aliphatic carbocycles. The van der Waals surface area contributed by atoms with Crippen LogP contribution in [0.1, 0.15) is 27.0 Å². The maximum atomic E-state index is 13.0. The smallest absolute Gasteiger partial charge is 0.274 e. The van der Waals surface area contributed by atoms with Crippen LogP contribution in [0.25, 0.3) is 12.2 Å². The number of aromatic nitrogens is 2. The average Bonchev–Trinajstić information content (AvgIpc) is 3.08. The number of amides is 1. The molecule has 1 amide bonds. The van der Waals surface area contributed by atoms with E-state index in [1.807, 2.05) is 48.5 Å². The molecule has 0 spiro atoms. The van der Waals surface area contributed by atoms with Gasteiger partial charge in [0, 0.05) is 56.7 Å². The number of para-hydroxylation sites is 1. The van der Waals surface area contributed by atoms with Crippen LogP contribution >= 0.6 is 0 Å². The largest absolute Gasteiger partial charge is 0.369 e. The molecule has 0 atom stereocenters. The van der Waals surface area contributed by atoms with Gasteiger partial charge in [-0.25, -0.2) is 0 Å². The van der Waals surface area contributed by atoms with Crippen LogP contribution in [0.15, 0.2) is 119 Å². The van der Waals surface area contributed by atoms with Crippen LogP contribution < -0.4 is 32.0 Å². The number of carbonyl (C=O) groups is 1. The van der Waals surface area contributed by atoms with Gasteiger partial charge in [-0.1, -0.05) is 72.8 Å². The number of piperazine rings is 1. The standard InChI is InChI=1S/C37H35N5O3/c1-40-34(25-27-8-4-2-5-9-27)36(44)39-33(37(40)45)24-28-12-16-30(17-13-28)35(43)38-31-18-14-29(15-19-31)26-41-20-22-42(23-21-41)32-10-6-3-7-11-32/h2-19,24-25H,20-23,26H2,1H3,(H,38,43)(H,39,44)/b33-24-,34-25-. The lowest BCUT2D eigenvalue weighted by atomic mass is 10.1. The zero-order valence-electron chi connectivity index (χ0n) is 25.1. The molecule has 1 aliphatic rings. The summed E-state index contributed by atoms with van der Waals surface area (Å²) in [6.07, 6.45) is 3.29. The number of hydrogen-bond acceptors (Lipinski definition) is 5. The first-order valence-corrected chi connectivity index (χ1v) is 15.0. The van der Waals surface area contributed by atoms with Gasteiger partial charge < -0.3 is 19.8 Å². The predicted octanol–water partition coefficient (Wildman–Crippen LogP) is 3.31. The number of H-pyrrole nitrogens is 1. The first kappa shape index (κ1) is 29.6. The molecule has 1 saturated heterocycles. The van der Waals surface area contributed by atoms with Gasteiger partial charge in [-0.05, 0) is 65.2 Å². The maximum Gasteiger partial charge on any atom is 0.274 e. The van der Waals surface area contributed by atoms with E-state index < -0.39 is 0 Å². The van der Waals surface area contributed by atoms with Crippen LogP contribution in [0.2, 0.25) is 0 Å². The quantitative estimate of drug-likeness (QED) is 0.301. The molecule has 1 fully saturated rings. The normalized spacial score (nSPS) is 14.5. The highest BCUT2D eigenvalue weighted by molar-refractivity contribution is 6.04. The van der Waals surface area contributed by atoms with Gasteiger partial charge in [0.15, 0.2) is 0 Å². The molecule has 2 N–H and O–H groups in total. The highest BCUT2D eigenvalue weighted by Crippen LogP contribution is 2.18. The van der Waals surface area contributed by atoms with Crippen LogP contribution in [0.3, 0.4) is 0 Å². The number of nitrogens with zero attached hydrogens (tertiary/aromatic N) is 3. The van der Waals surface area contributed by atoms with E-state index in [4.69, 9.17) is 0 Å². The summed E-state index contributed by atoms with van der Waals surface area (Å²) in [6, 6.07) is 34.8. The fourth-order valence-electron chi connectivity index (χ4n) is 5.50. The number of carbonyl (C=O) groups excluding carboxylic acids is 1. The maximum absolute atomic E-state index is 13.0. The third-order valence-electron chi connectivity index (χ3n) is 8.08. The zero-order chi connectivity index (χ0) is 31.2. The summed E-state index contributed by atoms with van der Waals surface area (Å²) >= 11 is 0. The lowest BCUT2D eigenvalue weighted by molar-refractivity contribution is 0.102. The van der Waals surface area contributed by atoms with Crippen LogP contribution in [-0.2, 0) is 13.6 Å². The molecule has 226 valence electrons. The van der Waals surface area contributed by atoms with Gasteiger partial charge >= 0.3 is 0 Å². The predicted molar refractivity (Wildman–Crippen MR) is 180 cm³/mol. The minimum absolute atomic E-state index is 0.170. The SMILES string of the molecule is Cn1c(=O)/c(=C/c2ccc(C(=O)Nc3ccc(CN4CCN(c5ccccc5)CC4)cc3)cc2)[nH]c(=O)/c1=C/c1ccccc1. The Morgan fingerprint density at radius 1 is 0.756 bits per heavy atom. The van der Waals surface area contributed by atoms with E-state index in [9.17, 15) is 14.4 Å². The van der Waals surface area contributed by atoms with Crippen molar-refractivity contribution in [3.05, 3.63) is 163 Å². The van der Waals surface area contributed by atoms with Gasteiger partial charge in [0.05, 0.1) is 0 Å². The lowest BCUT2D eigenvalue weighted by Gasteiger charge is -2.36. The topological polar surface area (TPSA) is 90.4 Å². The summed E-state index contributed by atoms with van der Waals surface area (Å²) < 4.78 is 1.34. The summed E-state index contributed by atoms with van der Waals surface area (Å²) in [6.45, 7) is 4.89. The lowest BCUT2D eigenvalue weighted by Crippen LogP contribution is -2.52. The van der Waals surface area contributed by atoms with Gasteiger partial charge in [-0.15, -0.1) is 0 Å². The summed E-state index contributed by atoms with van der Waals surface area (Å²) in [5.74, 6) is -0.226. The highest BCUT2D eigenvalue weighted by atomic mass is 16.2. The molecule has 5 aromatic rings. The van der Waals surface area contributed by atoms with Crippen molar-refractivity contribution in [2.45, 2.75) is 6.54 Å². The Kier molecular flexibility index (Phi) is 8.84. The third kappa shape index (κ3) is 7.20. The molecule has 8 nitrogen and oxygen atoms in total. The molecule has 6 rings (SSSR count). The van der Waals surface area contributed by atoms with Crippen molar-refractivity contribution in [3.63, 3.8) is 0 Å². The molecule has 0 bridgehead atoms. The summed E-state index contributed by atoms with van der Waals surface area (Å²) in [5, 5.41) is 3.40. The molecule has 1 aliphatic heterocycles. The van der Waals surface area contributed by atoms with Crippen LogP contribution in [0, 0.1) is 0 Å². The van der Waals surface area contributed by atoms with E-state index in [1.165, 1.54) is 15.8 Å². The summed E-state index contributed by atoms with van der Waals surface area (Å²) in [7, 11) is 1.58. The van der Waals surface area contributed by atoms with E-state index >= 15 is 0 Å². The van der Waals surface area contributed by atoms with Gasteiger partial charge in [0.2, 0.25) is 0 Å². The van der Waals surface area contributed by atoms with Gasteiger partial charge in [0.25, 0.3) is 17.0 Å². The van der Waals surface area contributed by atoms with E-state index in [1.54, 1.807) is 43.5 Å². The molecule has 4 aromatic carbocycles. The van der Waals surface area contributed by atoms with Crippen molar-refractivity contribution in [1.82, 2.24) is 14.5 Å². The Labute approximate surface area is 261 Å². The van der Waals surface area contributed by atoms with E-state index in [0.717, 1.165) is 44.0 Å². The van der Waals surface area contributed by atoms with Crippen molar-refractivity contribution >= 4 is 29.4 Å². The van der Waals surface area contributed by atoms with Gasteiger partial charge in [-0.3, -0.25) is 19.3 Å². The fourth-order valence-corrected chi connectivity index (χ4v) is 5.50. The molecular weight excluding hydrogens is 562 g/mol. The molecule has 1 aromatic heterocycles. The Morgan fingerprint density at radius 3 is 2.04 bits per heavy atom. The first-order chi connectivity index (χ1) is 21.9. The number of aromatic amines is 1. The highest BCUT2D eigenvalue weighted by Gasteiger charge is 2.17. The Balaban J connectivity index is 1.07. The molecule has 45 heavy (non-hydrogen) atoms. The molecule has 0 unspecified atom stereocenters. The summed E-state index contributed by atoms with van der Waals surface area (Å²) in [5.41, 5.74) is 4.52. The minimum atomic E-state index is -0.361. The molecule has 0 radical (unpaired) electrons. The Bertz CT molecular complexity index is 2010. The second kappa shape index (κ2) is 13.4. The number of nitrogens with one attached hydrogen (secondary N) is 2. The van der Waals surface area contributed by atoms with Crippen molar-refractivity contribution in [2.24, 2.45) is 7.05 Å². The van der Waals surface area contributed by atoms with Crippen molar-refractivity contribution in [2.75, 3.05) is 36.4 Å². The number of benzene rings is 4. The van der Waals surface area contributed by atoms with Crippen molar-refractivity contribution < 1.29 is 4.79 Å². The average molecular weight is 598 g/mol. The fraction of sp³-hybridized carbons (Fsp3) is 0.162. The van der Waals surface area contributed by atoms with Gasteiger partial charge in [-0.2, -0.15) is 0 Å². The van der Waals surface area contributed by atoms with Crippen molar-refractivity contribution in [1.29, 1.82) is 0 Å². The first-order valence-electron chi connectivity index (χ1n) is 15.0. The second-order valence-electron chi connectivity index (χ2n) is 11.2.